The quantitative estimate of drug-likeness (QED) is 0.669. The van der Waals surface area contributed by atoms with Gasteiger partial charge in [-0.3, -0.25) is 9.36 Å². The third-order valence-electron chi connectivity index (χ3n) is 1.69. The molecule has 12 heavy (non-hydrogen) atoms. The van der Waals surface area contributed by atoms with Gasteiger partial charge in [0.1, 0.15) is 6.61 Å². The van der Waals surface area contributed by atoms with Gasteiger partial charge in [0.2, 0.25) is 0 Å². The number of hydrogen-bond acceptors (Lipinski definition) is 3. The van der Waals surface area contributed by atoms with E-state index in [4.69, 9.17) is 9.84 Å². The van der Waals surface area contributed by atoms with Gasteiger partial charge in [0.05, 0.1) is 18.7 Å². The number of aliphatic carboxylic acids is 1. The van der Waals surface area contributed by atoms with Gasteiger partial charge < -0.3 is 9.84 Å². The van der Waals surface area contributed by atoms with Crippen LogP contribution in [0.25, 0.3) is 0 Å². The van der Waals surface area contributed by atoms with Crippen molar-refractivity contribution >= 4 is 5.97 Å². The zero-order chi connectivity index (χ0) is 8.55. The summed E-state index contributed by atoms with van der Waals surface area (Å²) in [7, 11) is 0. The summed E-state index contributed by atoms with van der Waals surface area (Å²) in [5.74, 6) is -0.869. The Hall–Kier alpha value is -1.52. The molecule has 1 N–H and O–H groups in total. The van der Waals surface area contributed by atoms with Crippen molar-refractivity contribution in [2.45, 2.75) is 13.0 Å². The maximum atomic E-state index is 10.3. The fourth-order valence-corrected chi connectivity index (χ4v) is 1.20. The van der Waals surface area contributed by atoms with Crippen molar-refractivity contribution in [3.8, 4) is 6.01 Å². The highest BCUT2D eigenvalue weighted by Crippen LogP contribution is 2.16. The van der Waals surface area contributed by atoms with Crippen LogP contribution in [-0.2, 0) is 17.8 Å². The zero-order valence-electron chi connectivity index (χ0n) is 6.36. The number of imidazole rings is 1. The highest BCUT2D eigenvalue weighted by molar-refractivity contribution is 5.69. The zero-order valence-corrected chi connectivity index (χ0v) is 6.36. The first-order chi connectivity index (χ1) is 5.75. The molecule has 0 radical (unpaired) electrons. The summed E-state index contributed by atoms with van der Waals surface area (Å²) in [4.78, 5) is 14.3. The molecular formula is C7H8N2O3. The molecule has 0 unspecified atom stereocenters. The number of carboxylic acids is 1. The Bertz CT molecular complexity index is 297. The Balaban J connectivity index is 2.20. The molecule has 0 bridgehead atoms. The van der Waals surface area contributed by atoms with Crippen LogP contribution in [0.1, 0.15) is 5.69 Å². The van der Waals surface area contributed by atoms with E-state index in [0.717, 1.165) is 6.54 Å². The monoisotopic (exact) mass is 168 g/mol. The van der Waals surface area contributed by atoms with Gasteiger partial charge in [0, 0.05) is 6.20 Å². The minimum absolute atomic E-state index is 0.0383. The van der Waals surface area contributed by atoms with Crippen LogP contribution < -0.4 is 4.74 Å². The van der Waals surface area contributed by atoms with E-state index in [1.807, 2.05) is 4.57 Å². The molecule has 1 aromatic heterocycles. The lowest BCUT2D eigenvalue weighted by molar-refractivity contribution is -0.136. The van der Waals surface area contributed by atoms with Crippen LogP contribution in [0.3, 0.4) is 0 Å². The summed E-state index contributed by atoms with van der Waals surface area (Å²) in [6.07, 6.45) is 1.68. The summed E-state index contributed by atoms with van der Waals surface area (Å²) in [6.45, 7) is 1.40. The number of nitrogens with zero attached hydrogens (tertiary/aromatic N) is 2. The van der Waals surface area contributed by atoms with Crippen molar-refractivity contribution in [3.05, 3.63) is 11.9 Å². The van der Waals surface area contributed by atoms with Crippen LogP contribution in [0.4, 0.5) is 0 Å². The number of rotatable bonds is 2. The SMILES string of the molecule is O=C(O)Cc1cn2c(n1)OCC2. The molecule has 0 aliphatic carbocycles. The lowest BCUT2D eigenvalue weighted by atomic mass is 10.3. The number of fused-ring (bicyclic) bond motifs is 1. The van der Waals surface area contributed by atoms with Crippen LogP contribution in [-0.4, -0.2) is 27.2 Å². The van der Waals surface area contributed by atoms with Crippen molar-refractivity contribution in [2.24, 2.45) is 0 Å². The van der Waals surface area contributed by atoms with Crippen molar-refractivity contribution in [3.63, 3.8) is 0 Å². The predicted octanol–water partition coefficient (Wildman–Crippen LogP) is -0.0974. The van der Waals surface area contributed by atoms with E-state index < -0.39 is 5.97 Å². The van der Waals surface area contributed by atoms with Gasteiger partial charge in [0.25, 0.3) is 6.01 Å². The number of aromatic nitrogens is 2. The van der Waals surface area contributed by atoms with Gasteiger partial charge >= 0.3 is 5.97 Å². The summed E-state index contributed by atoms with van der Waals surface area (Å²) in [5, 5.41) is 8.47. The van der Waals surface area contributed by atoms with E-state index in [9.17, 15) is 4.79 Å². The summed E-state index contributed by atoms with van der Waals surface area (Å²) in [6, 6.07) is 0.534. The molecule has 5 nitrogen and oxygen atoms in total. The Labute approximate surface area is 68.6 Å². The lowest BCUT2D eigenvalue weighted by Gasteiger charge is -1.89. The molecule has 0 atom stereocenters. The topological polar surface area (TPSA) is 64.3 Å². The first-order valence-corrected chi connectivity index (χ1v) is 3.66. The maximum absolute atomic E-state index is 10.3. The van der Waals surface area contributed by atoms with E-state index in [0.29, 0.717) is 18.3 Å². The average Bonchev–Trinajstić information content (AvgIpc) is 2.43. The molecule has 2 heterocycles. The summed E-state index contributed by atoms with van der Waals surface area (Å²) in [5.41, 5.74) is 0.553. The van der Waals surface area contributed by atoms with Crippen LogP contribution >= 0.6 is 0 Å². The molecule has 0 saturated carbocycles. The fourth-order valence-electron chi connectivity index (χ4n) is 1.20. The van der Waals surface area contributed by atoms with Gasteiger partial charge in [-0.1, -0.05) is 0 Å². The van der Waals surface area contributed by atoms with Crippen LogP contribution in [0.5, 0.6) is 6.01 Å². The minimum atomic E-state index is -0.869. The Morgan fingerprint density at radius 2 is 2.67 bits per heavy atom. The number of carbonyl (C=O) groups is 1. The van der Waals surface area contributed by atoms with Crippen molar-refractivity contribution in [1.29, 1.82) is 0 Å². The molecular weight excluding hydrogens is 160 g/mol. The molecule has 0 spiro atoms. The average molecular weight is 168 g/mol. The molecule has 0 amide bonds. The maximum Gasteiger partial charge on any atom is 0.309 e. The largest absolute Gasteiger partial charge is 0.481 e. The highest BCUT2D eigenvalue weighted by atomic mass is 16.5. The van der Waals surface area contributed by atoms with Gasteiger partial charge in [-0.25, -0.2) is 0 Å². The predicted molar refractivity (Wildman–Crippen MR) is 39.1 cm³/mol. The highest BCUT2D eigenvalue weighted by Gasteiger charge is 2.15. The standard InChI is InChI=1S/C7H8N2O3/c10-6(11)3-5-4-9-1-2-12-7(9)8-5/h4H,1-3H2,(H,10,11). The van der Waals surface area contributed by atoms with Crippen LogP contribution in [0, 0.1) is 0 Å². The second-order valence-electron chi connectivity index (χ2n) is 2.63. The number of carboxylic acid groups (broad SMARTS) is 1. The van der Waals surface area contributed by atoms with E-state index in [1.54, 1.807) is 6.20 Å². The molecule has 64 valence electrons. The molecule has 0 fully saturated rings. The van der Waals surface area contributed by atoms with E-state index in [2.05, 4.69) is 4.98 Å². The molecule has 5 heteroatoms. The second-order valence-corrected chi connectivity index (χ2v) is 2.63. The van der Waals surface area contributed by atoms with Crippen molar-refractivity contribution in [2.75, 3.05) is 6.61 Å². The second kappa shape index (κ2) is 2.51. The van der Waals surface area contributed by atoms with Gasteiger partial charge in [-0.05, 0) is 0 Å². The molecule has 1 aliphatic rings. The van der Waals surface area contributed by atoms with Gasteiger partial charge in [-0.15, -0.1) is 0 Å². The smallest absolute Gasteiger partial charge is 0.309 e. The molecule has 1 aromatic rings. The molecule has 0 aromatic carbocycles. The van der Waals surface area contributed by atoms with E-state index in [-0.39, 0.29) is 6.42 Å². The van der Waals surface area contributed by atoms with Crippen molar-refractivity contribution < 1.29 is 14.6 Å². The Kier molecular flexibility index (Phi) is 1.49. The first kappa shape index (κ1) is 7.15. The molecule has 0 saturated heterocycles. The summed E-state index contributed by atoms with van der Waals surface area (Å²) < 4.78 is 6.94. The third-order valence-corrected chi connectivity index (χ3v) is 1.69. The molecule has 1 aliphatic heterocycles. The number of hydrogen-bond donors (Lipinski definition) is 1. The van der Waals surface area contributed by atoms with E-state index in [1.165, 1.54) is 0 Å². The van der Waals surface area contributed by atoms with Gasteiger partial charge in [0.15, 0.2) is 0 Å². The third kappa shape index (κ3) is 1.13. The Morgan fingerprint density at radius 1 is 1.83 bits per heavy atom. The normalized spacial score (nSPS) is 14.0. The molecule has 2 rings (SSSR count). The fraction of sp³-hybridized carbons (Fsp3) is 0.429. The van der Waals surface area contributed by atoms with Crippen molar-refractivity contribution in [1.82, 2.24) is 9.55 Å². The van der Waals surface area contributed by atoms with Crippen LogP contribution in [0.2, 0.25) is 0 Å². The minimum Gasteiger partial charge on any atom is -0.481 e. The van der Waals surface area contributed by atoms with E-state index >= 15 is 0 Å². The Morgan fingerprint density at radius 3 is 3.33 bits per heavy atom. The lowest BCUT2D eigenvalue weighted by Crippen LogP contribution is -2.01. The van der Waals surface area contributed by atoms with Gasteiger partial charge in [-0.2, -0.15) is 4.98 Å². The first-order valence-electron chi connectivity index (χ1n) is 3.66. The number of ether oxygens (including phenoxy) is 1. The van der Waals surface area contributed by atoms with Crippen LogP contribution in [0.15, 0.2) is 6.20 Å². The summed E-state index contributed by atoms with van der Waals surface area (Å²) >= 11 is 0.